The highest BCUT2D eigenvalue weighted by Gasteiger charge is 2.48. The predicted molar refractivity (Wildman–Crippen MR) is 185 cm³/mol. The summed E-state index contributed by atoms with van der Waals surface area (Å²) in [5, 5.41) is 94.6. The van der Waals surface area contributed by atoms with E-state index in [2.05, 4.69) is 0 Å². The zero-order valence-corrected chi connectivity index (χ0v) is 28.4. The molecule has 9 N–H and O–H groups in total. The number of carbonyl (C=O) groups is 2. The van der Waals surface area contributed by atoms with Gasteiger partial charge in [-0.05, 0) is 35.9 Å². The summed E-state index contributed by atoms with van der Waals surface area (Å²) in [6.07, 6.45) is -10.5. The molecule has 2 aliphatic rings. The number of rotatable bonds is 7. The molecule has 0 bridgehead atoms. The molecule has 286 valence electrons. The number of aliphatic hydroxyl groups excluding tert-OH is 3. The van der Waals surface area contributed by atoms with Crippen LogP contribution in [0.25, 0.3) is 22.3 Å². The Morgan fingerprint density at radius 2 is 1.49 bits per heavy atom. The van der Waals surface area contributed by atoms with Crippen LogP contribution in [-0.4, -0.2) is 95.0 Å². The van der Waals surface area contributed by atoms with E-state index in [1.165, 1.54) is 30.3 Å². The number of ketones is 1. The van der Waals surface area contributed by atoms with Crippen molar-refractivity contribution in [2.75, 3.05) is 6.61 Å². The highest BCUT2D eigenvalue weighted by atomic mass is 16.7. The van der Waals surface area contributed by atoms with Crippen LogP contribution in [-0.2, 0) is 14.3 Å². The Morgan fingerprint density at radius 1 is 0.764 bits per heavy atom. The third-order valence-electron chi connectivity index (χ3n) is 9.29. The molecule has 1 fully saturated rings. The van der Waals surface area contributed by atoms with Gasteiger partial charge in [-0.1, -0.05) is 12.1 Å². The van der Waals surface area contributed by atoms with E-state index >= 15 is 0 Å². The molecule has 17 heteroatoms. The number of Topliss-reactive ketones (excluding diaryl/α,β-unsaturated/α-hetero) is 1. The van der Waals surface area contributed by atoms with Gasteiger partial charge in [0, 0.05) is 36.8 Å². The van der Waals surface area contributed by atoms with Crippen LogP contribution in [0.2, 0.25) is 0 Å². The first kappa shape index (κ1) is 36.8. The van der Waals surface area contributed by atoms with Crippen LogP contribution in [0.15, 0.2) is 75.9 Å². The van der Waals surface area contributed by atoms with Crippen molar-refractivity contribution in [3.63, 3.8) is 0 Å². The van der Waals surface area contributed by atoms with Crippen molar-refractivity contribution in [2.24, 2.45) is 0 Å². The van der Waals surface area contributed by atoms with Crippen molar-refractivity contribution >= 4 is 22.7 Å². The number of carbonyl (C=O) groups excluding carboxylic acids is 2. The van der Waals surface area contributed by atoms with Crippen molar-refractivity contribution in [2.45, 2.75) is 49.7 Å². The summed E-state index contributed by atoms with van der Waals surface area (Å²) < 4.78 is 29.2. The van der Waals surface area contributed by atoms with Gasteiger partial charge in [0.1, 0.15) is 93.9 Å². The van der Waals surface area contributed by atoms with Crippen molar-refractivity contribution in [1.29, 1.82) is 0 Å². The van der Waals surface area contributed by atoms with Crippen molar-refractivity contribution < 1.29 is 78.9 Å². The maximum atomic E-state index is 14.8. The Bertz CT molecular complexity index is 2390. The molecule has 1 aromatic heterocycles. The average Bonchev–Trinajstić information content (AvgIpc) is 3.12. The summed E-state index contributed by atoms with van der Waals surface area (Å²) in [5.41, 5.74) is -1.83. The first-order valence-corrected chi connectivity index (χ1v) is 16.5. The Morgan fingerprint density at radius 3 is 2.18 bits per heavy atom. The Balaban J connectivity index is 1.50. The smallest absolute Gasteiger partial charge is 0.302 e. The lowest BCUT2D eigenvalue weighted by molar-refractivity contribution is -0.278. The highest BCUT2D eigenvalue weighted by Crippen LogP contribution is 2.52. The molecule has 4 aromatic carbocycles. The van der Waals surface area contributed by atoms with Crippen molar-refractivity contribution in [1.82, 2.24) is 0 Å². The van der Waals surface area contributed by atoms with Gasteiger partial charge >= 0.3 is 5.97 Å². The van der Waals surface area contributed by atoms with E-state index in [4.69, 9.17) is 23.4 Å². The average molecular weight is 761 g/mol. The molecule has 3 heterocycles. The van der Waals surface area contributed by atoms with E-state index in [0.717, 1.165) is 43.3 Å². The van der Waals surface area contributed by atoms with Gasteiger partial charge in [-0.3, -0.25) is 14.4 Å². The second-order valence-electron chi connectivity index (χ2n) is 12.9. The summed E-state index contributed by atoms with van der Waals surface area (Å²) in [7, 11) is 0. The zero-order chi connectivity index (χ0) is 39.5. The van der Waals surface area contributed by atoms with Gasteiger partial charge in [0.05, 0.1) is 11.5 Å². The second-order valence-corrected chi connectivity index (χ2v) is 12.9. The number of aliphatic hydroxyl groups is 3. The molecular weight excluding hydrogens is 728 g/mol. The number of phenols is 6. The van der Waals surface area contributed by atoms with E-state index < -0.39 is 118 Å². The van der Waals surface area contributed by atoms with E-state index in [-0.39, 0.29) is 33.9 Å². The number of ether oxygens (including phenoxy) is 4. The van der Waals surface area contributed by atoms with Gasteiger partial charge < -0.3 is 69.3 Å². The maximum Gasteiger partial charge on any atom is 0.302 e. The topological polar surface area (TPSA) is 283 Å². The maximum absolute atomic E-state index is 14.8. The molecular formula is C38H32O17. The van der Waals surface area contributed by atoms with Gasteiger partial charge in [-0.2, -0.15) is 0 Å². The number of benzene rings is 4. The van der Waals surface area contributed by atoms with Crippen LogP contribution in [0.4, 0.5) is 0 Å². The lowest BCUT2D eigenvalue weighted by Crippen LogP contribution is -2.60. The highest BCUT2D eigenvalue weighted by molar-refractivity contribution is 6.09. The molecule has 7 atom stereocenters. The lowest BCUT2D eigenvalue weighted by Gasteiger charge is -2.40. The van der Waals surface area contributed by atoms with Gasteiger partial charge in [0.2, 0.25) is 6.29 Å². The normalized spacial score (nSPS) is 23.5. The fourth-order valence-electron chi connectivity index (χ4n) is 6.63. The monoisotopic (exact) mass is 760 g/mol. The van der Waals surface area contributed by atoms with Crippen molar-refractivity contribution in [3.8, 4) is 57.3 Å². The Hall–Kier alpha value is -6.53. The number of phenolic OH excluding ortho intramolecular Hbond substituents is 6. The first-order chi connectivity index (χ1) is 26.1. The summed E-state index contributed by atoms with van der Waals surface area (Å²) in [6.45, 7) is 0.500. The number of esters is 1. The number of aromatic hydroxyl groups is 6. The Kier molecular flexibility index (Phi) is 9.39. The van der Waals surface area contributed by atoms with Crippen LogP contribution in [0.5, 0.6) is 46.0 Å². The van der Waals surface area contributed by atoms with Crippen LogP contribution in [0, 0.1) is 0 Å². The summed E-state index contributed by atoms with van der Waals surface area (Å²) >= 11 is 0. The number of hydrogen-bond donors (Lipinski definition) is 9. The fraction of sp³-hybridized carbons (Fsp3) is 0.237. The standard InChI is InChI=1S/C38H32O17/c1-14(39)51-13-27-32(47)34(49)35(50)38(55-27)54-26-12-23(46)28-22(45)11-24(16-4-7-19(42)20(43)8-16)52-37(28)30(26)31-33(48)29-21(44)9-18(41)10-25(29)53-36(31)15-2-5-17(40)6-3-15/h2-12,27,31-32,34-36,38,40-44,46-47,49-50H,13H2,1H3. The van der Waals surface area contributed by atoms with Crippen LogP contribution in [0.1, 0.15) is 40.4 Å². The zero-order valence-electron chi connectivity index (χ0n) is 28.4. The minimum atomic E-state index is -2.01. The van der Waals surface area contributed by atoms with E-state index in [1.54, 1.807) is 0 Å². The van der Waals surface area contributed by atoms with Crippen LogP contribution >= 0.6 is 0 Å². The quantitative estimate of drug-likeness (QED) is 0.0851. The minimum absolute atomic E-state index is 0.0577. The summed E-state index contributed by atoms with van der Waals surface area (Å²) in [4.78, 5) is 40.1. The van der Waals surface area contributed by atoms with E-state index in [1.807, 2.05) is 0 Å². The molecule has 2 aliphatic heterocycles. The third-order valence-corrected chi connectivity index (χ3v) is 9.29. The predicted octanol–water partition coefficient (Wildman–Crippen LogP) is 2.54. The first-order valence-electron chi connectivity index (χ1n) is 16.5. The third kappa shape index (κ3) is 6.65. The van der Waals surface area contributed by atoms with Gasteiger partial charge in [-0.25, -0.2) is 0 Å². The molecule has 0 spiro atoms. The van der Waals surface area contributed by atoms with Crippen LogP contribution < -0.4 is 14.9 Å². The number of fused-ring (bicyclic) bond motifs is 2. The summed E-state index contributed by atoms with van der Waals surface area (Å²) in [6, 6.07) is 12.8. The molecule has 7 rings (SSSR count). The molecule has 17 nitrogen and oxygen atoms in total. The lowest BCUT2D eigenvalue weighted by atomic mass is 9.79. The minimum Gasteiger partial charge on any atom is -0.508 e. The summed E-state index contributed by atoms with van der Waals surface area (Å²) in [5.74, 6) is -7.46. The fourth-order valence-corrected chi connectivity index (χ4v) is 6.63. The van der Waals surface area contributed by atoms with E-state index in [0.29, 0.717) is 0 Å². The molecule has 1 saturated heterocycles. The van der Waals surface area contributed by atoms with Gasteiger partial charge in [0.15, 0.2) is 22.7 Å². The molecule has 0 amide bonds. The largest absolute Gasteiger partial charge is 0.508 e. The van der Waals surface area contributed by atoms with E-state index in [9.17, 15) is 60.3 Å². The van der Waals surface area contributed by atoms with Crippen molar-refractivity contribution in [3.05, 3.63) is 93.6 Å². The molecule has 5 aromatic rings. The number of hydrogen-bond acceptors (Lipinski definition) is 17. The van der Waals surface area contributed by atoms with Gasteiger partial charge in [0.25, 0.3) is 0 Å². The molecule has 0 aliphatic carbocycles. The molecule has 0 saturated carbocycles. The second kappa shape index (κ2) is 14.0. The molecule has 0 radical (unpaired) electrons. The molecule has 55 heavy (non-hydrogen) atoms. The SMILES string of the molecule is CC(=O)OCC1OC(Oc2cc(O)c3c(=O)cc(-c4ccc(O)c(O)c4)oc3c2C2C(=O)c3c(O)cc(O)cc3OC2c2ccc(O)cc2)C(O)C(O)C1O. The Labute approximate surface area is 308 Å². The molecule has 7 unspecified atom stereocenters. The van der Waals surface area contributed by atoms with Crippen LogP contribution in [0.3, 0.4) is 0 Å². The van der Waals surface area contributed by atoms with Gasteiger partial charge in [-0.15, -0.1) is 0 Å².